The van der Waals surface area contributed by atoms with Crippen LogP contribution in [0.15, 0.2) is 35.9 Å². The summed E-state index contributed by atoms with van der Waals surface area (Å²) in [7, 11) is 3.02. The van der Waals surface area contributed by atoms with Crippen molar-refractivity contribution in [1.29, 1.82) is 0 Å². The zero-order valence-electron chi connectivity index (χ0n) is 42.9. The maximum absolute atomic E-state index is 14.0. The smallest absolute Gasteiger partial charge is 0.409 e. The van der Waals surface area contributed by atoms with Gasteiger partial charge in [-0.3, -0.25) is 43.9 Å². The van der Waals surface area contributed by atoms with Crippen molar-refractivity contribution < 1.29 is 77.4 Å². The second-order valence-electron chi connectivity index (χ2n) is 19.1. The summed E-state index contributed by atoms with van der Waals surface area (Å²) >= 11 is 12.2. The number of hydrogen-bond donors (Lipinski definition) is 5. The highest BCUT2D eigenvalue weighted by atomic mass is 35.5. The molecule has 6 rings (SSSR count). The Kier molecular flexibility index (Phi) is 21.9. The van der Waals surface area contributed by atoms with Crippen LogP contribution in [0.1, 0.15) is 77.3 Å². The monoisotopic (exact) mass is 1100 g/mol. The highest BCUT2D eigenvalue weighted by molar-refractivity contribution is 8.00. The number of rotatable bonds is 17. The first kappa shape index (κ1) is 60.3. The number of aliphatic hydroxyl groups is 3. The fraction of sp³-hybridized carbons (Fsp3) is 0.640. The molecule has 7 amide bonds. The van der Waals surface area contributed by atoms with Crippen molar-refractivity contribution in [3.8, 4) is 0 Å². The SMILES string of the molecule is C/C1=C\C=C\[C@@H](CO)[C@@]2(O)C[C@H](OC(=O)N2)[C@@H](C)[C@@H]2O[C@@]2(C)[C@@H](OC(=O)[C@H](C)N(C)C(=O)CCS)CC(=O)N(C)c2cc(cc(CO)c2Cl)C1.CSC1CC(=O)N(CCOCCOCCN2C(=O)CCC2=O)C1=O. The standard InChI is InChI=1S/C35H48ClN3O10S.C15H22N2O6S/c1-19-8-7-9-24(18-41)35(46)16-26(47-33(45)37-35)20(2)31-34(4,49-31)27(48-32(44)21(3)38(5)28(42)10-11-50)15-29(43)39(6)25-14-22(12-19)13-23(17-40)30(25)36;1-24-11-10-14(20)17(15(11)21)5-7-23-9-8-22-6-4-16-12(18)2-3-13(16)19/h7-9,13-14,20-21,24,26-27,31,40-41,46,50H,10-12,15-18H2,1-6H3,(H,37,45);11H,2-10H2,1H3/b9-7+,19-8+;/t20-,21+,24+,26+,27+,31+,34+,35+;/m1./s1. The Labute approximate surface area is 445 Å². The molecule has 4 bridgehead atoms. The van der Waals surface area contributed by atoms with Gasteiger partial charge in [-0.15, -0.1) is 0 Å². The van der Waals surface area contributed by atoms with Crippen molar-refractivity contribution in [2.45, 2.75) is 120 Å². The number of carbonyl (C=O) groups is 8. The van der Waals surface area contributed by atoms with E-state index in [9.17, 15) is 53.7 Å². The zero-order valence-corrected chi connectivity index (χ0v) is 45.4. The molecule has 4 N–H and O–H groups in total. The zero-order chi connectivity index (χ0) is 54.7. The van der Waals surface area contributed by atoms with Gasteiger partial charge in [0.1, 0.15) is 23.9 Å². The molecular formula is C50H70ClN5O16S2. The second kappa shape index (κ2) is 26.9. The van der Waals surface area contributed by atoms with E-state index in [2.05, 4.69) is 17.9 Å². The molecule has 5 heterocycles. The van der Waals surface area contributed by atoms with Gasteiger partial charge >= 0.3 is 12.1 Å². The number of amides is 7. The van der Waals surface area contributed by atoms with Crippen LogP contribution in [0.5, 0.6) is 0 Å². The number of thioether (sulfide) groups is 1. The molecule has 1 aromatic carbocycles. The molecule has 0 aromatic heterocycles. The van der Waals surface area contributed by atoms with E-state index in [1.165, 1.54) is 52.4 Å². The van der Waals surface area contributed by atoms with E-state index in [1.54, 1.807) is 44.2 Å². The van der Waals surface area contributed by atoms with Crippen molar-refractivity contribution in [3.05, 3.63) is 52.1 Å². The van der Waals surface area contributed by atoms with Crippen molar-refractivity contribution in [2.24, 2.45) is 11.8 Å². The van der Waals surface area contributed by atoms with E-state index >= 15 is 0 Å². The molecule has 410 valence electrons. The molecule has 1 unspecified atom stereocenters. The third-order valence-electron chi connectivity index (χ3n) is 14.0. The summed E-state index contributed by atoms with van der Waals surface area (Å²) in [5.41, 5.74) is -0.716. The number of aliphatic hydroxyl groups excluding tert-OH is 2. The van der Waals surface area contributed by atoms with Crippen LogP contribution in [0.25, 0.3) is 0 Å². The van der Waals surface area contributed by atoms with E-state index in [1.807, 2.05) is 13.2 Å². The Morgan fingerprint density at radius 2 is 1.65 bits per heavy atom. The van der Waals surface area contributed by atoms with Gasteiger partial charge in [-0.05, 0) is 56.4 Å². The van der Waals surface area contributed by atoms with Crippen LogP contribution in [0.3, 0.4) is 0 Å². The molecular weight excluding hydrogens is 1030 g/mol. The number of imide groups is 2. The first-order valence-electron chi connectivity index (χ1n) is 24.5. The topological polar surface area (TPSA) is 272 Å². The molecule has 0 aliphatic carbocycles. The minimum absolute atomic E-state index is 0.0937. The predicted molar refractivity (Wildman–Crippen MR) is 275 cm³/mol. The minimum Gasteiger partial charge on any atom is -0.457 e. The number of halogens is 1. The number of thiol groups is 1. The summed E-state index contributed by atoms with van der Waals surface area (Å²) in [4.78, 5) is 104. The number of likely N-dealkylation sites (tertiary alicyclic amines) is 2. The highest BCUT2D eigenvalue weighted by Crippen LogP contribution is 2.49. The van der Waals surface area contributed by atoms with Crippen LogP contribution in [-0.2, 0) is 70.3 Å². The fourth-order valence-electron chi connectivity index (χ4n) is 9.16. The van der Waals surface area contributed by atoms with Crippen LogP contribution in [0.4, 0.5) is 10.5 Å². The summed E-state index contributed by atoms with van der Waals surface area (Å²) in [5, 5.41) is 34.4. The number of anilines is 1. The third-order valence-corrected chi connectivity index (χ3v) is 15.6. The van der Waals surface area contributed by atoms with Gasteiger partial charge in [-0.2, -0.15) is 24.4 Å². The van der Waals surface area contributed by atoms with Gasteiger partial charge in [-0.1, -0.05) is 48.4 Å². The number of carbonyl (C=O) groups excluding carboxylic acids is 8. The average molecular weight is 1100 g/mol. The molecule has 0 saturated carbocycles. The van der Waals surface area contributed by atoms with Gasteiger partial charge in [-0.25, -0.2) is 9.59 Å². The van der Waals surface area contributed by atoms with Crippen molar-refractivity contribution in [3.63, 3.8) is 0 Å². The first-order valence-corrected chi connectivity index (χ1v) is 26.8. The summed E-state index contributed by atoms with van der Waals surface area (Å²) in [6.45, 7) is 7.71. The number of allylic oxidation sites excluding steroid dienone is 3. The van der Waals surface area contributed by atoms with Crippen LogP contribution in [0.2, 0.25) is 5.02 Å². The largest absolute Gasteiger partial charge is 0.457 e. The second-order valence-corrected chi connectivity index (χ2v) is 21.0. The summed E-state index contributed by atoms with van der Waals surface area (Å²) < 4.78 is 28.5. The van der Waals surface area contributed by atoms with Crippen molar-refractivity contribution in [1.82, 2.24) is 20.0 Å². The molecule has 74 heavy (non-hydrogen) atoms. The third kappa shape index (κ3) is 14.9. The first-order chi connectivity index (χ1) is 35.0. The molecule has 24 heteroatoms. The number of fused-ring (bicyclic) bond motifs is 5. The van der Waals surface area contributed by atoms with Crippen LogP contribution < -0.4 is 10.2 Å². The van der Waals surface area contributed by atoms with Crippen molar-refractivity contribution >= 4 is 89.2 Å². The highest BCUT2D eigenvalue weighted by Gasteiger charge is 2.64. The molecule has 1 aromatic rings. The van der Waals surface area contributed by atoms with E-state index in [4.69, 9.17) is 35.3 Å². The number of esters is 1. The van der Waals surface area contributed by atoms with Gasteiger partial charge in [0.05, 0.1) is 81.2 Å². The Morgan fingerprint density at radius 1 is 1.00 bits per heavy atom. The fourth-order valence-corrected chi connectivity index (χ4v) is 10.3. The molecule has 9 atom stereocenters. The molecule has 5 aliphatic heterocycles. The van der Waals surface area contributed by atoms with Gasteiger partial charge < -0.3 is 48.8 Å². The van der Waals surface area contributed by atoms with E-state index in [-0.39, 0.29) is 111 Å². The number of likely N-dealkylation sites (N-methyl/N-ethyl adjacent to an activating group) is 1. The number of ether oxygens (including phenoxy) is 5. The van der Waals surface area contributed by atoms with Gasteiger partial charge in [0, 0.05) is 58.0 Å². The summed E-state index contributed by atoms with van der Waals surface area (Å²) in [5.74, 6) is -3.29. The number of nitrogens with one attached hydrogen (secondary N) is 1. The quantitative estimate of drug-likeness (QED) is 0.0493. The molecule has 21 nitrogen and oxygen atoms in total. The molecule has 4 fully saturated rings. The maximum Gasteiger partial charge on any atom is 0.409 e. The number of benzene rings is 1. The van der Waals surface area contributed by atoms with E-state index in [0.29, 0.717) is 36.6 Å². The van der Waals surface area contributed by atoms with Crippen LogP contribution in [-0.4, -0.2) is 191 Å². The lowest BCUT2D eigenvalue weighted by Gasteiger charge is -2.42. The lowest BCUT2D eigenvalue weighted by atomic mass is 9.81. The summed E-state index contributed by atoms with van der Waals surface area (Å²) in [6.07, 6.45) is 4.22. The van der Waals surface area contributed by atoms with Gasteiger partial charge in [0.2, 0.25) is 35.4 Å². The molecule has 0 spiro atoms. The summed E-state index contributed by atoms with van der Waals surface area (Å²) in [6, 6.07) is 2.49. The predicted octanol–water partition coefficient (Wildman–Crippen LogP) is 2.57. The Hall–Kier alpha value is -4.59. The van der Waals surface area contributed by atoms with E-state index in [0.717, 1.165) is 11.1 Å². The average Bonchev–Trinajstić information content (AvgIpc) is 3.85. The minimum atomic E-state index is -1.86. The van der Waals surface area contributed by atoms with E-state index < -0.39 is 72.1 Å². The lowest BCUT2D eigenvalue weighted by molar-refractivity contribution is -0.162. The Morgan fingerprint density at radius 3 is 2.24 bits per heavy atom. The lowest BCUT2D eigenvalue weighted by Crippen LogP contribution is -2.62. The number of epoxide rings is 1. The van der Waals surface area contributed by atoms with Crippen molar-refractivity contribution in [2.75, 3.05) is 77.1 Å². The van der Waals surface area contributed by atoms with Crippen LogP contribution in [0, 0.1) is 11.8 Å². The maximum atomic E-state index is 14.0. The number of nitrogens with zero attached hydrogens (tertiary/aromatic N) is 4. The Balaban J connectivity index is 0.000000352. The van der Waals surface area contributed by atoms with Crippen LogP contribution >= 0.6 is 36.0 Å². The molecule has 4 saturated heterocycles. The number of alkyl carbamates (subject to hydrolysis) is 1. The van der Waals surface area contributed by atoms with Gasteiger partial charge in [0.15, 0.2) is 5.72 Å². The normalized spacial score (nSPS) is 28.9. The van der Waals surface area contributed by atoms with Gasteiger partial charge in [0.25, 0.3) is 0 Å². The number of hydrogen-bond acceptors (Lipinski definition) is 18. The molecule has 5 aliphatic rings. The Bertz CT molecular complexity index is 2310. The molecule has 0 radical (unpaired) electrons.